The summed E-state index contributed by atoms with van der Waals surface area (Å²) in [5, 5.41) is 1.33. The van der Waals surface area contributed by atoms with Gasteiger partial charge in [-0.3, -0.25) is 0 Å². The van der Waals surface area contributed by atoms with E-state index in [0.717, 1.165) is 16.1 Å². The van der Waals surface area contributed by atoms with Crippen molar-refractivity contribution in [3.05, 3.63) is 63.6 Å². The molecule has 2 aromatic carbocycles. The monoisotopic (exact) mass is 266 g/mol. The normalized spacial score (nSPS) is 10.3. The van der Waals surface area contributed by atoms with Crippen molar-refractivity contribution in [2.45, 2.75) is 13.5 Å². The van der Waals surface area contributed by atoms with Crippen molar-refractivity contribution in [2.75, 3.05) is 0 Å². The molecule has 0 unspecified atom stereocenters. The lowest BCUT2D eigenvalue weighted by atomic mass is 10.2. The maximum atomic E-state index is 6.12. The van der Waals surface area contributed by atoms with Crippen molar-refractivity contribution in [1.29, 1.82) is 0 Å². The molecule has 0 radical (unpaired) electrons. The van der Waals surface area contributed by atoms with Gasteiger partial charge >= 0.3 is 0 Å². The Morgan fingerprint density at radius 1 is 1.00 bits per heavy atom. The first-order valence-electron chi connectivity index (χ1n) is 5.29. The molecule has 0 atom stereocenters. The Morgan fingerprint density at radius 2 is 1.76 bits per heavy atom. The summed E-state index contributed by atoms with van der Waals surface area (Å²) in [6.45, 7) is 2.42. The van der Waals surface area contributed by atoms with Gasteiger partial charge in [-0.1, -0.05) is 47.5 Å². The first-order chi connectivity index (χ1) is 8.16. The Labute approximate surface area is 111 Å². The van der Waals surface area contributed by atoms with Crippen LogP contribution in [0.25, 0.3) is 0 Å². The van der Waals surface area contributed by atoms with Gasteiger partial charge in [0.2, 0.25) is 0 Å². The number of hydrogen-bond acceptors (Lipinski definition) is 1. The van der Waals surface area contributed by atoms with Crippen molar-refractivity contribution >= 4 is 23.2 Å². The molecule has 0 spiro atoms. The summed E-state index contributed by atoms with van der Waals surface area (Å²) in [6.07, 6.45) is 0. The standard InChI is InChI=1S/C14H12Cl2O/c1-10-6-7-11(13(16)8-10)9-17-14-5-3-2-4-12(14)15/h2-8H,9H2,1H3. The van der Waals surface area contributed by atoms with E-state index in [0.29, 0.717) is 17.4 Å². The van der Waals surface area contributed by atoms with Crippen LogP contribution in [0.4, 0.5) is 0 Å². The van der Waals surface area contributed by atoms with Crippen molar-refractivity contribution in [3.8, 4) is 5.75 Å². The number of aryl methyl sites for hydroxylation is 1. The molecule has 17 heavy (non-hydrogen) atoms. The predicted molar refractivity (Wildman–Crippen MR) is 72.0 cm³/mol. The largest absolute Gasteiger partial charge is 0.487 e. The Kier molecular flexibility index (Phi) is 3.93. The molecule has 0 saturated carbocycles. The van der Waals surface area contributed by atoms with E-state index in [1.807, 2.05) is 43.3 Å². The fourth-order valence-corrected chi connectivity index (χ4v) is 1.97. The zero-order valence-electron chi connectivity index (χ0n) is 9.41. The molecule has 0 amide bonds. The third-order valence-corrected chi connectivity index (χ3v) is 3.09. The molecule has 3 heteroatoms. The summed E-state index contributed by atoms with van der Waals surface area (Å²) in [7, 11) is 0. The maximum Gasteiger partial charge on any atom is 0.138 e. The van der Waals surface area contributed by atoms with Crippen LogP contribution in [0.5, 0.6) is 5.75 Å². The van der Waals surface area contributed by atoms with Gasteiger partial charge in [0.25, 0.3) is 0 Å². The van der Waals surface area contributed by atoms with Crippen LogP contribution < -0.4 is 4.74 Å². The Morgan fingerprint density at radius 3 is 2.47 bits per heavy atom. The van der Waals surface area contributed by atoms with Gasteiger partial charge < -0.3 is 4.74 Å². The summed E-state index contributed by atoms with van der Waals surface area (Å²) in [5.74, 6) is 0.672. The fraction of sp³-hybridized carbons (Fsp3) is 0.143. The van der Waals surface area contributed by atoms with Crippen LogP contribution in [0.15, 0.2) is 42.5 Å². The van der Waals surface area contributed by atoms with Crippen molar-refractivity contribution in [1.82, 2.24) is 0 Å². The number of halogens is 2. The fourth-order valence-electron chi connectivity index (χ4n) is 1.49. The number of benzene rings is 2. The van der Waals surface area contributed by atoms with Gasteiger partial charge in [0, 0.05) is 10.6 Å². The van der Waals surface area contributed by atoms with Crippen LogP contribution >= 0.6 is 23.2 Å². The molecule has 88 valence electrons. The summed E-state index contributed by atoms with van der Waals surface area (Å²) < 4.78 is 5.63. The van der Waals surface area contributed by atoms with Gasteiger partial charge in [-0.15, -0.1) is 0 Å². The third-order valence-electron chi connectivity index (χ3n) is 2.43. The summed E-state index contributed by atoms with van der Waals surface area (Å²) in [6, 6.07) is 13.3. The second kappa shape index (κ2) is 5.44. The molecule has 2 aromatic rings. The highest BCUT2D eigenvalue weighted by atomic mass is 35.5. The molecule has 0 aliphatic rings. The number of hydrogen-bond donors (Lipinski definition) is 0. The molecule has 0 N–H and O–H groups in total. The molecule has 0 aliphatic heterocycles. The topological polar surface area (TPSA) is 9.23 Å². The number of para-hydroxylation sites is 1. The van der Waals surface area contributed by atoms with E-state index in [-0.39, 0.29) is 0 Å². The lowest BCUT2D eigenvalue weighted by Gasteiger charge is -2.09. The molecule has 2 rings (SSSR count). The first kappa shape index (κ1) is 12.3. The second-order valence-electron chi connectivity index (χ2n) is 3.81. The van der Waals surface area contributed by atoms with E-state index < -0.39 is 0 Å². The zero-order chi connectivity index (χ0) is 12.3. The van der Waals surface area contributed by atoms with Crippen molar-refractivity contribution in [3.63, 3.8) is 0 Å². The van der Waals surface area contributed by atoms with E-state index >= 15 is 0 Å². The van der Waals surface area contributed by atoms with Gasteiger partial charge in [0.05, 0.1) is 5.02 Å². The average molecular weight is 267 g/mol. The van der Waals surface area contributed by atoms with Gasteiger partial charge in [0.15, 0.2) is 0 Å². The van der Waals surface area contributed by atoms with Gasteiger partial charge in [-0.05, 0) is 30.7 Å². The molecule has 0 aromatic heterocycles. The summed E-state index contributed by atoms with van der Waals surface area (Å²) >= 11 is 12.1. The van der Waals surface area contributed by atoms with Crippen LogP contribution in [0, 0.1) is 6.92 Å². The number of ether oxygens (including phenoxy) is 1. The van der Waals surface area contributed by atoms with Crippen molar-refractivity contribution < 1.29 is 4.74 Å². The number of rotatable bonds is 3. The quantitative estimate of drug-likeness (QED) is 0.770. The van der Waals surface area contributed by atoms with Crippen LogP contribution in [0.2, 0.25) is 10.0 Å². The van der Waals surface area contributed by atoms with Crippen LogP contribution in [-0.2, 0) is 6.61 Å². The summed E-state index contributed by atoms with van der Waals surface area (Å²) in [4.78, 5) is 0. The first-order valence-corrected chi connectivity index (χ1v) is 6.05. The van der Waals surface area contributed by atoms with Gasteiger partial charge in [0.1, 0.15) is 12.4 Å². The van der Waals surface area contributed by atoms with E-state index in [1.165, 1.54) is 0 Å². The zero-order valence-corrected chi connectivity index (χ0v) is 10.9. The molecule has 0 aliphatic carbocycles. The molecular formula is C14H12Cl2O. The van der Waals surface area contributed by atoms with Crippen LogP contribution in [0.3, 0.4) is 0 Å². The maximum absolute atomic E-state index is 6.12. The van der Waals surface area contributed by atoms with Gasteiger partial charge in [-0.2, -0.15) is 0 Å². The van der Waals surface area contributed by atoms with Crippen LogP contribution in [-0.4, -0.2) is 0 Å². The lowest BCUT2D eigenvalue weighted by Crippen LogP contribution is -1.96. The van der Waals surface area contributed by atoms with Gasteiger partial charge in [-0.25, -0.2) is 0 Å². The predicted octanol–water partition coefficient (Wildman–Crippen LogP) is 4.88. The summed E-state index contributed by atoms with van der Waals surface area (Å²) in [5.41, 5.74) is 2.09. The molecule has 0 heterocycles. The molecule has 0 fully saturated rings. The van der Waals surface area contributed by atoms with Crippen molar-refractivity contribution in [2.24, 2.45) is 0 Å². The van der Waals surface area contributed by atoms with E-state index in [2.05, 4.69) is 0 Å². The Bertz CT molecular complexity index is 523. The average Bonchev–Trinajstić information content (AvgIpc) is 2.30. The minimum absolute atomic E-state index is 0.419. The molecule has 0 saturated heterocycles. The van der Waals surface area contributed by atoms with E-state index in [4.69, 9.17) is 27.9 Å². The highest BCUT2D eigenvalue weighted by Gasteiger charge is 2.03. The SMILES string of the molecule is Cc1ccc(COc2ccccc2Cl)c(Cl)c1. The lowest BCUT2D eigenvalue weighted by molar-refractivity contribution is 0.306. The minimum atomic E-state index is 0.419. The molecule has 0 bridgehead atoms. The smallest absolute Gasteiger partial charge is 0.138 e. The Balaban J connectivity index is 2.10. The van der Waals surface area contributed by atoms with E-state index in [1.54, 1.807) is 6.07 Å². The van der Waals surface area contributed by atoms with Crippen LogP contribution in [0.1, 0.15) is 11.1 Å². The van der Waals surface area contributed by atoms with E-state index in [9.17, 15) is 0 Å². The third kappa shape index (κ3) is 3.15. The highest BCUT2D eigenvalue weighted by Crippen LogP contribution is 2.25. The molecule has 1 nitrogen and oxygen atoms in total. The molecular weight excluding hydrogens is 255 g/mol. The Hall–Kier alpha value is -1.18. The minimum Gasteiger partial charge on any atom is -0.487 e. The highest BCUT2D eigenvalue weighted by molar-refractivity contribution is 6.32. The second-order valence-corrected chi connectivity index (χ2v) is 4.63.